The maximum Gasteiger partial charge on any atom is 0.315 e. The number of rotatable bonds is 27. The second kappa shape index (κ2) is 25.2. The topological polar surface area (TPSA) is 351 Å². The van der Waals surface area contributed by atoms with Gasteiger partial charge >= 0.3 is 6.03 Å². The first-order chi connectivity index (χ1) is 27.4. The standard InChI is InChI=1S/C35H59N11O11S/c1-18(2)12-20(13-27(49)46-57)33(54)43-22(14-25(36)47)34(55)41-19(3)32(53)40-15-28(50)39-16-29(51)42-21(31(37)52)8-6-7-11-38-26(48)10-5-4-9-24-30-23(17-58-24)44-35(56)45-30/h18-24,30,57H,4-17H2,1-3H3,(H2,36,47)(H2,37,52)(H,38,48)(H,39,50)(H,40,53)(H,41,55)(H,42,51)(H,43,54)(H,46,49)(H2,44,45,56)/t19-,20?,21-,22-,23-,24-,30-/m0/s1. The Morgan fingerprint density at radius 3 is 2.12 bits per heavy atom. The molecule has 58 heavy (non-hydrogen) atoms. The Morgan fingerprint density at radius 2 is 1.47 bits per heavy atom. The highest BCUT2D eigenvalue weighted by Gasteiger charge is 2.42. The Morgan fingerprint density at radius 1 is 0.759 bits per heavy atom. The minimum atomic E-state index is -1.50. The van der Waals surface area contributed by atoms with Crippen LogP contribution in [0.1, 0.15) is 85.0 Å². The highest BCUT2D eigenvalue weighted by Crippen LogP contribution is 2.33. The molecule has 2 rings (SSSR count). The van der Waals surface area contributed by atoms with Gasteiger partial charge in [-0.3, -0.25) is 48.4 Å². The average molecular weight is 842 g/mol. The molecule has 14 N–H and O–H groups in total. The summed E-state index contributed by atoms with van der Waals surface area (Å²) in [7, 11) is 0. The number of carbonyl (C=O) groups excluding carboxylic acids is 10. The lowest BCUT2D eigenvalue weighted by Gasteiger charge is -2.23. The normalized spacial score (nSPS) is 18.8. The van der Waals surface area contributed by atoms with E-state index in [1.165, 1.54) is 12.4 Å². The van der Waals surface area contributed by atoms with Crippen molar-refractivity contribution in [2.75, 3.05) is 25.4 Å². The monoisotopic (exact) mass is 841 g/mol. The number of carbonyl (C=O) groups is 10. The third-order valence-electron chi connectivity index (χ3n) is 9.34. The van der Waals surface area contributed by atoms with Gasteiger partial charge in [0.25, 0.3) is 0 Å². The molecule has 2 aliphatic rings. The van der Waals surface area contributed by atoms with Gasteiger partial charge in [-0.05, 0) is 51.4 Å². The molecule has 0 aromatic carbocycles. The van der Waals surface area contributed by atoms with Crippen LogP contribution < -0.4 is 59.5 Å². The van der Waals surface area contributed by atoms with Crippen LogP contribution in [0.3, 0.4) is 0 Å². The maximum atomic E-state index is 12.9. The molecule has 0 aromatic rings. The molecule has 0 radical (unpaired) electrons. The molecular weight excluding hydrogens is 783 g/mol. The zero-order valence-corrected chi connectivity index (χ0v) is 33.9. The Balaban J connectivity index is 1.66. The number of nitrogens with two attached hydrogens (primary N) is 2. The van der Waals surface area contributed by atoms with Gasteiger partial charge in [-0.2, -0.15) is 11.8 Å². The van der Waals surface area contributed by atoms with Gasteiger partial charge in [0.05, 0.1) is 31.6 Å². The van der Waals surface area contributed by atoms with Crippen LogP contribution >= 0.6 is 11.8 Å². The summed E-state index contributed by atoms with van der Waals surface area (Å²) in [5.41, 5.74) is 12.1. The number of unbranched alkanes of at least 4 members (excludes halogenated alkanes) is 2. The maximum absolute atomic E-state index is 12.9. The fourth-order valence-corrected chi connectivity index (χ4v) is 7.90. The molecule has 1 unspecified atom stereocenters. The van der Waals surface area contributed by atoms with E-state index in [-0.39, 0.29) is 42.8 Å². The predicted molar refractivity (Wildman–Crippen MR) is 209 cm³/mol. The summed E-state index contributed by atoms with van der Waals surface area (Å²) in [5, 5.41) is 29.6. The first-order valence-corrected chi connectivity index (χ1v) is 20.3. The molecule has 0 aromatic heterocycles. The molecule has 22 nitrogen and oxygen atoms in total. The van der Waals surface area contributed by atoms with Crippen LogP contribution in [0.5, 0.6) is 0 Å². The molecule has 2 heterocycles. The number of hydroxylamine groups is 1. The van der Waals surface area contributed by atoms with Crippen LogP contribution in [0.25, 0.3) is 0 Å². The predicted octanol–water partition coefficient (Wildman–Crippen LogP) is -3.38. The molecule has 326 valence electrons. The fourth-order valence-electron chi connectivity index (χ4n) is 6.36. The van der Waals surface area contributed by atoms with E-state index in [1.54, 1.807) is 13.8 Å². The Hall–Kier alpha value is -5.19. The van der Waals surface area contributed by atoms with Crippen molar-refractivity contribution in [2.45, 2.75) is 120 Å². The summed E-state index contributed by atoms with van der Waals surface area (Å²) >= 11 is 1.83. The van der Waals surface area contributed by atoms with Crippen molar-refractivity contribution in [3.8, 4) is 0 Å². The number of primary amides is 2. The third-order valence-corrected chi connectivity index (χ3v) is 10.9. The fraction of sp³-hybridized carbons (Fsp3) is 0.714. The molecule has 11 amide bonds. The first-order valence-electron chi connectivity index (χ1n) is 19.3. The van der Waals surface area contributed by atoms with E-state index >= 15 is 0 Å². The summed E-state index contributed by atoms with van der Waals surface area (Å²) in [6.45, 7) is 4.10. The molecule has 0 bridgehead atoms. The molecule has 2 saturated heterocycles. The summed E-state index contributed by atoms with van der Waals surface area (Å²) in [5.74, 6) is -6.77. The van der Waals surface area contributed by atoms with Crippen LogP contribution in [0.2, 0.25) is 0 Å². The zero-order chi connectivity index (χ0) is 43.4. The zero-order valence-electron chi connectivity index (χ0n) is 33.1. The Labute approximate surface area is 340 Å². The molecule has 0 saturated carbocycles. The van der Waals surface area contributed by atoms with E-state index in [2.05, 4.69) is 42.5 Å². The lowest BCUT2D eigenvalue weighted by molar-refractivity contribution is -0.137. The summed E-state index contributed by atoms with van der Waals surface area (Å²) in [4.78, 5) is 122. The number of thioether (sulfide) groups is 1. The largest absolute Gasteiger partial charge is 0.370 e. The van der Waals surface area contributed by atoms with E-state index in [9.17, 15) is 47.9 Å². The summed E-state index contributed by atoms with van der Waals surface area (Å²) in [6.07, 6.45) is 3.24. The van der Waals surface area contributed by atoms with Gasteiger partial charge in [0.1, 0.15) is 18.1 Å². The van der Waals surface area contributed by atoms with Gasteiger partial charge in [0.15, 0.2) is 0 Å². The van der Waals surface area contributed by atoms with Crippen molar-refractivity contribution in [3.05, 3.63) is 0 Å². The molecular formula is C35H59N11O11S. The van der Waals surface area contributed by atoms with Crippen LogP contribution in [-0.4, -0.2) is 125 Å². The lowest BCUT2D eigenvalue weighted by Crippen LogP contribution is -2.55. The van der Waals surface area contributed by atoms with E-state index in [0.29, 0.717) is 31.1 Å². The highest BCUT2D eigenvalue weighted by atomic mass is 32.2. The van der Waals surface area contributed by atoms with Gasteiger partial charge in [-0.25, -0.2) is 10.3 Å². The molecule has 0 aliphatic carbocycles. The molecule has 7 atom stereocenters. The van der Waals surface area contributed by atoms with E-state index in [4.69, 9.17) is 16.7 Å². The van der Waals surface area contributed by atoms with E-state index in [0.717, 1.165) is 25.0 Å². The second-order valence-electron chi connectivity index (χ2n) is 14.8. The number of urea groups is 1. The molecule has 2 aliphatic heterocycles. The van der Waals surface area contributed by atoms with E-state index in [1.807, 2.05) is 11.8 Å². The van der Waals surface area contributed by atoms with Gasteiger partial charge in [0.2, 0.25) is 53.2 Å². The number of amides is 11. The SMILES string of the molecule is CC(C)CC(CC(=O)NO)C(=O)N[C@@H](CC(N)=O)C(=O)N[C@@H](C)C(=O)NCC(=O)NCC(=O)N[C@@H](CCCCNC(=O)CCCC[C@@H]1SC[C@@H]2NC(=O)N[C@@H]21)C(N)=O. The average Bonchev–Trinajstić information content (AvgIpc) is 3.71. The number of hydrogen-bond acceptors (Lipinski definition) is 12. The Bertz CT molecular complexity index is 1500. The lowest BCUT2D eigenvalue weighted by atomic mass is 9.92. The quantitative estimate of drug-likeness (QED) is 0.0167. The first kappa shape index (κ1) is 49.0. The van der Waals surface area contributed by atoms with Gasteiger partial charge in [0, 0.05) is 36.3 Å². The van der Waals surface area contributed by atoms with Crippen LogP contribution in [0, 0.1) is 11.8 Å². The van der Waals surface area contributed by atoms with Crippen molar-refractivity contribution in [2.24, 2.45) is 23.3 Å². The van der Waals surface area contributed by atoms with Crippen molar-refractivity contribution in [1.29, 1.82) is 0 Å². The smallest absolute Gasteiger partial charge is 0.315 e. The molecule has 23 heteroatoms. The van der Waals surface area contributed by atoms with Crippen molar-refractivity contribution in [3.63, 3.8) is 0 Å². The highest BCUT2D eigenvalue weighted by molar-refractivity contribution is 8.00. The number of fused-ring (bicyclic) bond motifs is 1. The van der Waals surface area contributed by atoms with Crippen LogP contribution in [-0.2, 0) is 43.2 Å². The van der Waals surface area contributed by atoms with Crippen LogP contribution in [0.15, 0.2) is 0 Å². The van der Waals surface area contributed by atoms with Crippen molar-refractivity contribution in [1.82, 2.24) is 48.0 Å². The number of hydrogen-bond donors (Lipinski definition) is 12. The number of nitrogens with one attached hydrogen (secondary N) is 9. The van der Waals surface area contributed by atoms with Gasteiger partial charge < -0.3 is 54.0 Å². The van der Waals surface area contributed by atoms with Gasteiger partial charge in [-0.1, -0.05) is 20.3 Å². The van der Waals surface area contributed by atoms with Crippen molar-refractivity contribution < 1.29 is 53.2 Å². The second-order valence-corrected chi connectivity index (χ2v) is 16.0. The third kappa shape index (κ3) is 18.4. The van der Waals surface area contributed by atoms with Crippen molar-refractivity contribution >= 4 is 71.0 Å². The molecule has 2 fully saturated rings. The van der Waals surface area contributed by atoms with Gasteiger partial charge in [-0.15, -0.1) is 0 Å². The Kier molecular flexibility index (Phi) is 21.3. The van der Waals surface area contributed by atoms with E-state index < -0.39 is 97.2 Å². The van der Waals surface area contributed by atoms with Crippen LogP contribution in [0.4, 0.5) is 4.79 Å². The minimum absolute atomic E-state index is 0.0446. The summed E-state index contributed by atoms with van der Waals surface area (Å²) < 4.78 is 0. The molecule has 0 spiro atoms. The summed E-state index contributed by atoms with van der Waals surface area (Å²) in [6, 6.07) is -3.62. The minimum Gasteiger partial charge on any atom is -0.370 e.